The summed E-state index contributed by atoms with van der Waals surface area (Å²) < 4.78 is 8.00. The van der Waals surface area contributed by atoms with Gasteiger partial charge in [-0.1, -0.05) is 29.8 Å². The Morgan fingerprint density at radius 2 is 2.07 bits per heavy atom. The molecule has 0 bridgehead atoms. The van der Waals surface area contributed by atoms with Crippen LogP contribution in [0.25, 0.3) is 0 Å². The summed E-state index contributed by atoms with van der Waals surface area (Å²) in [5.41, 5.74) is 4.43. The Bertz CT molecular complexity index is 926. The van der Waals surface area contributed by atoms with Crippen LogP contribution >= 0.6 is 11.6 Å². The van der Waals surface area contributed by atoms with E-state index in [1.165, 1.54) is 5.56 Å². The minimum absolute atomic E-state index is 0.00530. The van der Waals surface area contributed by atoms with Crippen molar-refractivity contribution in [3.05, 3.63) is 82.4 Å². The van der Waals surface area contributed by atoms with Crippen molar-refractivity contribution in [3.63, 3.8) is 0 Å². The number of hydrogen-bond donors (Lipinski definition) is 0. The predicted molar refractivity (Wildman–Crippen MR) is 110 cm³/mol. The first-order valence-corrected chi connectivity index (χ1v) is 10.1. The second-order valence-corrected chi connectivity index (χ2v) is 7.60. The summed E-state index contributed by atoms with van der Waals surface area (Å²) in [5.74, 6) is 0. The first-order chi connectivity index (χ1) is 13.7. The van der Waals surface area contributed by atoms with Crippen molar-refractivity contribution in [1.82, 2.24) is 19.7 Å². The molecule has 1 saturated heterocycles. The molecule has 3 heterocycles. The molecular weight excluding hydrogens is 372 g/mol. The molecule has 1 aromatic carbocycles. The fraction of sp³-hybridized carbons (Fsp3) is 0.364. The number of benzene rings is 1. The Kier molecular flexibility index (Phi) is 6.05. The monoisotopic (exact) mass is 396 g/mol. The number of rotatable bonds is 6. The second-order valence-electron chi connectivity index (χ2n) is 7.16. The molecule has 1 aliphatic rings. The van der Waals surface area contributed by atoms with Crippen LogP contribution in [0.15, 0.2) is 54.9 Å². The van der Waals surface area contributed by atoms with Gasteiger partial charge in [-0.05, 0) is 36.8 Å². The molecule has 5 nitrogen and oxygen atoms in total. The lowest BCUT2D eigenvalue weighted by Gasteiger charge is -2.32. The molecule has 0 aliphatic carbocycles. The van der Waals surface area contributed by atoms with E-state index in [-0.39, 0.29) is 6.10 Å². The molecule has 146 valence electrons. The summed E-state index contributed by atoms with van der Waals surface area (Å²) in [7, 11) is 0. The smallest absolute Gasteiger partial charge is 0.112 e. The molecule has 1 atom stereocenters. The zero-order valence-corrected chi connectivity index (χ0v) is 16.8. The number of aryl methyl sites for hydroxylation is 1. The lowest BCUT2D eigenvalue weighted by atomic mass is 10.1. The molecule has 28 heavy (non-hydrogen) atoms. The summed E-state index contributed by atoms with van der Waals surface area (Å²) in [6.45, 7) is 6.37. The van der Waals surface area contributed by atoms with Gasteiger partial charge in [0.15, 0.2) is 0 Å². The van der Waals surface area contributed by atoms with Crippen molar-refractivity contribution in [2.24, 2.45) is 0 Å². The molecule has 3 aromatic rings. The van der Waals surface area contributed by atoms with Crippen LogP contribution in [0.1, 0.15) is 35.5 Å². The molecule has 1 fully saturated rings. The summed E-state index contributed by atoms with van der Waals surface area (Å²) in [6, 6.07) is 14.1. The molecule has 0 spiro atoms. The fourth-order valence-electron chi connectivity index (χ4n) is 3.58. The SMILES string of the molecule is CCn1cc(CN2CCO[C@H](c3cccc(Cc4cccc(Cl)c4)n3)C2)cn1. The maximum atomic E-state index is 6.11. The molecule has 0 radical (unpaired) electrons. The average Bonchev–Trinajstić information content (AvgIpc) is 3.16. The largest absolute Gasteiger partial charge is 0.369 e. The topological polar surface area (TPSA) is 43.2 Å². The number of nitrogens with zero attached hydrogens (tertiary/aromatic N) is 4. The molecule has 0 saturated carbocycles. The van der Waals surface area contributed by atoms with E-state index in [1.807, 2.05) is 29.1 Å². The van der Waals surface area contributed by atoms with Gasteiger partial charge in [0.25, 0.3) is 0 Å². The van der Waals surface area contributed by atoms with Crippen LogP contribution in [0.2, 0.25) is 5.02 Å². The van der Waals surface area contributed by atoms with E-state index >= 15 is 0 Å². The number of ether oxygens (including phenoxy) is 1. The van der Waals surface area contributed by atoms with Crippen molar-refractivity contribution in [3.8, 4) is 0 Å². The van der Waals surface area contributed by atoms with E-state index in [9.17, 15) is 0 Å². The van der Waals surface area contributed by atoms with Gasteiger partial charge in [0, 0.05) is 55.1 Å². The Morgan fingerprint density at radius 1 is 1.18 bits per heavy atom. The van der Waals surface area contributed by atoms with Crippen molar-refractivity contribution >= 4 is 11.6 Å². The van der Waals surface area contributed by atoms with Gasteiger partial charge in [-0.3, -0.25) is 14.6 Å². The normalized spacial score (nSPS) is 17.7. The maximum Gasteiger partial charge on any atom is 0.112 e. The second kappa shape index (κ2) is 8.86. The lowest BCUT2D eigenvalue weighted by molar-refractivity contribution is -0.0350. The lowest BCUT2D eigenvalue weighted by Crippen LogP contribution is -2.38. The van der Waals surface area contributed by atoms with Gasteiger partial charge in [-0.15, -0.1) is 0 Å². The molecule has 0 unspecified atom stereocenters. The van der Waals surface area contributed by atoms with Crippen LogP contribution in [0.5, 0.6) is 0 Å². The van der Waals surface area contributed by atoms with Gasteiger partial charge in [-0.25, -0.2) is 0 Å². The third kappa shape index (κ3) is 4.79. The van der Waals surface area contributed by atoms with Crippen molar-refractivity contribution < 1.29 is 4.74 Å². The Morgan fingerprint density at radius 3 is 2.89 bits per heavy atom. The Labute approximate surface area is 170 Å². The first kappa shape index (κ1) is 19.1. The summed E-state index contributed by atoms with van der Waals surface area (Å²) >= 11 is 6.11. The van der Waals surface area contributed by atoms with E-state index in [1.54, 1.807) is 0 Å². The number of halogens is 1. The Hall–Kier alpha value is -2.21. The highest BCUT2D eigenvalue weighted by molar-refractivity contribution is 6.30. The van der Waals surface area contributed by atoms with Crippen LogP contribution in [0, 0.1) is 0 Å². The minimum atomic E-state index is -0.00530. The average molecular weight is 397 g/mol. The zero-order chi connectivity index (χ0) is 19.3. The van der Waals surface area contributed by atoms with Crippen molar-refractivity contribution in [1.29, 1.82) is 0 Å². The molecule has 2 aromatic heterocycles. The van der Waals surface area contributed by atoms with Gasteiger partial charge >= 0.3 is 0 Å². The quantitative estimate of drug-likeness (QED) is 0.628. The highest BCUT2D eigenvalue weighted by Crippen LogP contribution is 2.23. The summed E-state index contributed by atoms with van der Waals surface area (Å²) in [5, 5.41) is 5.13. The van der Waals surface area contributed by atoms with Crippen LogP contribution in [-0.2, 0) is 24.2 Å². The molecule has 0 N–H and O–H groups in total. The molecule has 0 amide bonds. The van der Waals surface area contributed by atoms with E-state index < -0.39 is 0 Å². The maximum absolute atomic E-state index is 6.11. The van der Waals surface area contributed by atoms with Crippen molar-refractivity contribution in [2.75, 3.05) is 19.7 Å². The molecule has 4 rings (SSSR count). The molecule has 1 aliphatic heterocycles. The summed E-state index contributed by atoms with van der Waals surface area (Å²) in [6.07, 6.45) is 4.84. The highest BCUT2D eigenvalue weighted by Gasteiger charge is 2.23. The number of hydrogen-bond acceptors (Lipinski definition) is 4. The third-order valence-electron chi connectivity index (χ3n) is 5.00. The van der Waals surface area contributed by atoms with Gasteiger partial charge in [0.2, 0.25) is 0 Å². The van der Waals surface area contributed by atoms with Crippen LogP contribution in [0.3, 0.4) is 0 Å². The molecule has 6 heteroatoms. The van der Waals surface area contributed by atoms with Crippen LogP contribution in [-0.4, -0.2) is 39.4 Å². The van der Waals surface area contributed by atoms with Gasteiger partial charge in [0.1, 0.15) is 6.10 Å². The predicted octanol–water partition coefficient (Wildman–Crippen LogP) is 4.12. The first-order valence-electron chi connectivity index (χ1n) is 9.75. The minimum Gasteiger partial charge on any atom is -0.369 e. The number of aromatic nitrogens is 3. The highest BCUT2D eigenvalue weighted by atomic mass is 35.5. The van der Waals surface area contributed by atoms with Crippen LogP contribution < -0.4 is 0 Å². The van der Waals surface area contributed by atoms with E-state index in [0.717, 1.165) is 54.6 Å². The van der Waals surface area contributed by atoms with Crippen molar-refractivity contribution in [2.45, 2.75) is 32.5 Å². The van der Waals surface area contributed by atoms with Crippen LogP contribution in [0.4, 0.5) is 0 Å². The number of pyridine rings is 1. The van der Waals surface area contributed by atoms with E-state index in [4.69, 9.17) is 21.3 Å². The third-order valence-corrected chi connectivity index (χ3v) is 5.24. The van der Waals surface area contributed by atoms with Gasteiger partial charge in [-0.2, -0.15) is 5.10 Å². The Balaban J connectivity index is 1.43. The molecular formula is C22H25ClN4O. The van der Waals surface area contributed by atoms with E-state index in [2.05, 4.69) is 47.4 Å². The van der Waals surface area contributed by atoms with E-state index in [0.29, 0.717) is 6.61 Å². The van der Waals surface area contributed by atoms with Gasteiger partial charge < -0.3 is 4.74 Å². The standard InChI is InChI=1S/C22H25ClN4O/c1-2-27-15-18(13-24-27)14-26-9-10-28-22(16-26)21-8-4-7-20(25-21)12-17-5-3-6-19(23)11-17/h3-8,11,13,15,22H,2,9-10,12,14,16H2,1H3/t22-/m0/s1. The fourth-order valence-corrected chi connectivity index (χ4v) is 3.79. The summed E-state index contributed by atoms with van der Waals surface area (Å²) in [4.78, 5) is 7.28. The van der Waals surface area contributed by atoms with Gasteiger partial charge in [0.05, 0.1) is 18.5 Å². The zero-order valence-electron chi connectivity index (χ0n) is 16.1. The number of morpholine rings is 1.